The second kappa shape index (κ2) is 7.04. The average Bonchev–Trinajstić information content (AvgIpc) is 2.84. The van der Waals surface area contributed by atoms with Crippen LogP contribution in [0.2, 0.25) is 5.02 Å². The van der Waals surface area contributed by atoms with Crippen molar-refractivity contribution in [3.63, 3.8) is 0 Å². The number of halogens is 2. The molecule has 1 saturated heterocycles. The molecule has 0 spiro atoms. The van der Waals surface area contributed by atoms with Gasteiger partial charge >= 0.3 is 0 Å². The Kier molecular flexibility index (Phi) is 5.66. The third-order valence-corrected chi connectivity index (χ3v) is 4.57. The van der Waals surface area contributed by atoms with E-state index in [0.29, 0.717) is 12.5 Å². The zero-order valence-electron chi connectivity index (χ0n) is 10.9. The van der Waals surface area contributed by atoms with Gasteiger partial charge in [0.25, 0.3) is 0 Å². The molecule has 2 unspecified atom stereocenters. The van der Waals surface area contributed by atoms with E-state index < -0.39 is 0 Å². The molecule has 1 aliphatic rings. The van der Waals surface area contributed by atoms with E-state index in [9.17, 15) is 0 Å². The molecule has 106 valence electrons. The van der Waals surface area contributed by atoms with Gasteiger partial charge in [-0.2, -0.15) is 0 Å². The van der Waals surface area contributed by atoms with Gasteiger partial charge in [-0.05, 0) is 49.5 Å². The number of nitrogens with two attached hydrogens (primary N) is 1. The summed E-state index contributed by atoms with van der Waals surface area (Å²) in [6.07, 6.45) is 1.98. The van der Waals surface area contributed by atoms with Crippen molar-refractivity contribution in [2.75, 3.05) is 26.2 Å². The number of aliphatic hydroxyl groups is 1. The van der Waals surface area contributed by atoms with Crippen molar-refractivity contribution >= 4 is 27.5 Å². The summed E-state index contributed by atoms with van der Waals surface area (Å²) in [6, 6.07) is 5.80. The Morgan fingerprint density at radius 1 is 1.53 bits per heavy atom. The van der Waals surface area contributed by atoms with Gasteiger partial charge < -0.3 is 15.7 Å². The summed E-state index contributed by atoms with van der Waals surface area (Å²) in [6.45, 7) is 3.30. The lowest BCUT2D eigenvalue weighted by Gasteiger charge is -2.19. The van der Waals surface area contributed by atoms with Gasteiger partial charge in [-0.1, -0.05) is 33.6 Å². The Bertz CT molecular complexity index is 430. The average molecular weight is 348 g/mol. The fourth-order valence-corrected chi connectivity index (χ4v) is 3.36. The molecule has 1 heterocycles. The van der Waals surface area contributed by atoms with E-state index in [2.05, 4.69) is 20.8 Å². The fourth-order valence-electron chi connectivity index (χ4n) is 2.54. The Balaban J connectivity index is 1.86. The van der Waals surface area contributed by atoms with Crippen molar-refractivity contribution in [1.82, 2.24) is 4.90 Å². The molecule has 2 atom stereocenters. The number of hydrogen-bond donors (Lipinski definition) is 2. The summed E-state index contributed by atoms with van der Waals surface area (Å²) < 4.78 is 0.971. The molecular weight excluding hydrogens is 328 g/mol. The van der Waals surface area contributed by atoms with Crippen molar-refractivity contribution in [3.05, 3.63) is 33.3 Å². The SMILES string of the molecule is NC(CCN1CCC(CO)C1)c1ccc(Br)cc1Cl. The van der Waals surface area contributed by atoms with Crippen LogP contribution >= 0.6 is 27.5 Å². The number of hydrogen-bond acceptors (Lipinski definition) is 3. The minimum absolute atomic E-state index is 0.0335. The van der Waals surface area contributed by atoms with E-state index in [0.717, 1.165) is 47.5 Å². The van der Waals surface area contributed by atoms with Crippen LogP contribution in [0.15, 0.2) is 22.7 Å². The maximum atomic E-state index is 9.13. The van der Waals surface area contributed by atoms with Gasteiger partial charge in [0.15, 0.2) is 0 Å². The zero-order chi connectivity index (χ0) is 13.8. The van der Waals surface area contributed by atoms with Gasteiger partial charge in [-0.3, -0.25) is 0 Å². The second-order valence-corrected chi connectivity index (χ2v) is 6.52. The Morgan fingerprint density at radius 2 is 2.32 bits per heavy atom. The van der Waals surface area contributed by atoms with Crippen molar-refractivity contribution in [1.29, 1.82) is 0 Å². The molecule has 0 aromatic heterocycles. The largest absolute Gasteiger partial charge is 0.396 e. The van der Waals surface area contributed by atoms with Crippen LogP contribution in [0.25, 0.3) is 0 Å². The molecule has 5 heteroatoms. The predicted molar refractivity (Wildman–Crippen MR) is 82.3 cm³/mol. The fraction of sp³-hybridized carbons (Fsp3) is 0.571. The van der Waals surface area contributed by atoms with E-state index in [4.69, 9.17) is 22.4 Å². The van der Waals surface area contributed by atoms with Crippen LogP contribution in [0.1, 0.15) is 24.4 Å². The molecule has 3 N–H and O–H groups in total. The molecule has 0 bridgehead atoms. The number of likely N-dealkylation sites (tertiary alicyclic amines) is 1. The third kappa shape index (κ3) is 4.17. The van der Waals surface area contributed by atoms with Gasteiger partial charge in [0.1, 0.15) is 0 Å². The first kappa shape index (κ1) is 15.3. The van der Waals surface area contributed by atoms with Crippen LogP contribution in [0.5, 0.6) is 0 Å². The highest BCUT2D eigenvalue weighted by Gasteiger charge is 2.22. The van der Waals surface area contributed by atoms with E-state index in [1.807, 2.05) is 18.2 Å². The second-order valence-electron chi connectivity index (χ2n) is 5.20. The first-order valence-electron chi connectivity index (χ1n) is 6.64. The van der Waals surface area contributed by atoms with Gasteiger partial charge in [-0.15, -0.1) is 0 Å². The molecule has 0 saturated carbocycles. The van der Waals surface area contributed by atoms with Crippen LogP contribution in [0.4, 0.5) is 0 Å². The van der Waals surface area contributed by atoms with Crippen LogP contribution in [-0.2, 0) is 0 Å². The van der Waals surface area contributed by atoms with Crippen LogP contribution in [-0.4, -0.2) is 36.2 Å². The van der Waals surface area contributed by atoms with Crippen molar-refractivity contribution in [2.24, 2.45) is 11.7 Å². The summed E-state index contributed by atoms with van der Waals surface area (Å²) in [7, 11) is 0. The normalized spacial score (nSPS) is 21.8. The van der Waals surface area contributed by atoms with Crippen molar-refractivity contribution in [2.45, 2.75) is 18.9 Å². The highest BCUT2D eigenvalue weighted by molar-refractivity contribution is 9.10. The number of aliphatic hydroxyl groups excluding tert-OH is 1. The Labute approximate surface area is 127 Å². The van der Waals surface area contributed by atoms with Crippen LogP contribution in [0.3, 0.4) is 0 Å². The van der Waals surface area contributed by atoms with E-state index in [1.54, 1.807) is 0 Å². The molecule has 1 fully saturated rings. The maximum Gasteiger partial charge on any atom is 0.0471 e. The lowest BCUT2D eigenvalue weighted by Crippen LogP contribution is -2.26. The highest BCUT2D eigenvalue weighted by atomic mass is 79.9. The number of rotatable bonds is 5. The Morgan fingerprint density at radius 3 is 2.95 bits per heavy atom. The molecule has 1 aliphatic heterocycles. The molecule has 3 nitrogen and oxygen atoms in total. The molecule has 19 heavy (non-hydrogen) atoms. The monoisotopic (exact) mass is 346 g/mol. The maximum absolute atomic E-state index is 9.13. The molecule has 0 aliphatic carbocycles. The topological polar surface area (TPSA) is 49.5 Å². The molecule has 1 aromatic rings. The smallest absolute Gasteiger partial charge is 0.0471 e. The summed E-state index contributed by atoms with van der Waals surface area (Å²) in [5.41, 5.74) is 7.22. The minimum atomic E-state index is -0.0335. The molecule has 0 radical (unpaired) electrons. The first-order valence-corrected chi connectivity index (χ1v) is 7.81. The van der Waals surface area contributed by atoms with Crippen molar-refractivity contribution in [3.8, 4) is 0 Å². The van der Waals surface area contributed by atoms with Gasteiger partial charge in [0, 0.05) is 28.7 Å². The lowest BCUT2D eigenvalue weighted by atomic mass is 10.0. The zero-order valence-corrected chi connectivity index (χ0v) is 13.2. The molecule has 1 aromatic carbocycles. The predicted octanol–water partition coefficient (Wildman–Crippen LogP) is 2.81. The van der Waals surface area contributed by atoms with E-state index >= 15 is 0 Å². The van der Waals surface area contributed by atoms with Crippen molar-refractivity contribution < 1.29 is 5.11 Å². The Hall–Kier alpha value is -0.130. The first-order chi connectivity index (χ1) is 9.10. The van der Waals surface area contributed by atoms with Gasteiger partial charge in [0.2, 0.25) is 0 Å². The standard InChI is InChI=1S/C14H20BrClN2O/c15-11-1-2-12(13(16)7-11)14(17)4-6-18-5-3-10(8-18)9-19/h1-2,7,10,14,19H,3-6,8-9,17H2. The number of benzene rings is 1. The highest BCUT2D eigenvalue weighted by Crippen LogP contribution is 2.27. The third-order valence-electron chi connectivity index (χ3n) is 3.75. The summed E-state index contributed by atoms with van der Waals surface area (Å²) in [5, 5.41) is 9.85. The molecule has 2 rings (SSSR count). The van der Waals surface area contributed by atoms with E-state index in [1.165, 1.54) is 0 Å². The van der Waals surface area contributed by atoms with E-state index in [-0.39, 0.29) is 6.04 Å². The molecule has 0 amide bonds. The minimum Gasteiger partial charge on any atom is -0.396 e. The molecular formula is C14H20BrClN2O. The van der Waals surface area contributed by atoms with Crippen LogP contribution < -0.4 is 5.73 Å². The van der Waals surface area contributed by atoms with Gasteiger partial charge in [-0.25, -0.2) is 0 Å². The summed E-state index contributed by atoms with van der Waals surface area (Å²) in [5.74, 6) is 0.437. The van der Waals surface area contributed by atoms with Gasteiger partial charge in [0.05, 0.1) is 0 Å². The summed E-state index contributed by atoms with van der Waals surface area (Å²) >= 11 is 9.60. The summed E-state index contributed by atoms with van der Waals surface area (Å²) in [4.78, 5) is 2.37. The van der Waals surface area contributed by atoms with Crippen LogP contribution in [0, 0.1) is 5.92 Å². The number of nitrogens with zero attached hydrogens (tertiary/aromatic N) is 1. The lowest BCUT2D eigenvalue weighted by molar-refractivity contribution is 0.220. The quantitative estimate of drug-likeness (QED) is 0.861.